The van der Waals surface area contributed by atoms with Crippen LogP contribution in [0.2, 0.25) is 0 Å². The van der Waals surface area contributed by atoms with Crippen LogP contribution < -0.4 is 0 Å². The number of carbonyl (C=O) groups is 2. The van der Waals surface area contributed by atoms with E-state index in [4.69, 9.17) is 5.11 Å². The summed E-state index contributed by atoms with van der Waals surface area (Å²) in [5.74, 6) is -1.80. The molecule has 0 spiro atoms. The predicted molar refractivity (Wildman–Crippen MR) is 72.6 cm³/mol. The van der Waals surface area contributed by atoms with E-state index in [1.165, 1.54) is 24.3 Å². The standard InChI is InChI=1S/C13H15NO6S/c1-21(19,20)10-4-2-3-8(5-10)12(16)14-7-9(15)6-11(14)13(17)18/h2-5,9,11,15H,6-7H2,1H3,(H,17,18)/t9-,11-/m1/s1. The molecule has 2 rings (SSSR count). The molecule has 8 heteroatoms. The van der Waals surface area contributed by atoms with Crippen molar-refractivity contribution in [1.29, 1.82) is 0 Å². The lowest BCUT2D eigenvalue weighted by molar-refractivity contribution is -0.141. The van der Waals surface area contributed by atoms with Crippen LogP contribution in [-0.2, 0) is 14.6 Å². The van der Waals surface area contributed by atoms with Gasteiger partial charge in [-0.3, -0.25) is 4.79 Å². The number of nitrogens with zero attached hydrogens (tertiary/aromatic N) is 1. The lowest BCUT2D eigenvalue weighted by Crippen LogP contribution is -2.40. The number of carbonyl (C=O) groups excluding carboxylic acids is 1. The van der Waals surface area contributed by atoms with Crippen molar-refractivity contribution >= 4 is 21.7 Å². The minimum absolute atomic E-state index is 0.0139. The summed E-state index contributed by atoms with van der Waals surface area (Å²) in [4.78, 5) is 24.5. The molecule has 21 heavy (non-hydrogen) atoms. The number of aliphatic carboxylic acids is 1. The Balaban J connectivity index is 2.34. The second-order valence-corrected chi connectivity index (χ2v) is 7.02. The summed E-state index contributed by atoms with van der Waals surface area (Å²) in [7, 11) is -3.46. The molecule has 1 saturated heterocycles. The molecule has 1 amide bonds. The summed E-state index contributed by atoms with van der Waals surface area (Å²) >= 11 is 0. The third kappa shape index (κ3) is 3.22. The zero-order valence-electron chi connectivity index (χ0n) is 11.3. The highest BCUT2D eigenvalue weighted by atomic mass is 32.2. The predicted octanol–water partition coefficient (Wildman–Crippen LogP) is -0.250. The van der Waals surface area contributed by atoms with Gasteiger partial charge in [0, 0.05) is 24.8 Å². The summed E-state index contributed by atoms with van der Waals surface area (Å²) in [5, 5.41) is 18.6. The Morgan fingerprint density at radius 3 is 2.57 bits per heavy atom. The maximum absolute atomic E-state index is 12.3. The number of likely N-dealkylation sites (tertiary alicyclic amines) is 1. The molecule has 1 aliphatic rings. The van der Waals surface area contributed by atoms with Crippen molar-refractivity contribution in [3.05, 3.63) is 29.8 Å². The molecular formula is C13H15NO6S. The van der Waals surface area contributed by atoms with Gasteiger partial charge >= 0.3 is 5.97 Å². The minimum atomic E-state index is -3.46. The maximum atomic E-state index is 12.3. The van der Waals surface area contributed by atoms with Crippen molar-refractivity contribution < 1.29 is 28.2 Å². The minimum Gasteiger partial charge on any atom is -0.480 e. The van der Waals surface area contributed by atoms with Crippen molar-refractivity contribution in [2.45, 2.75) is 23.5 Å². The zero-order valence-corrected chi connectivity index (χ0v) is 12.1. The number of rotatable bonds is 3. The molecule has 7 nitrogen and oxygen atoms in total. The molecule has 0 aliphatic carbocycles. The van der Waals surface area contributed by atoms with Gasteiger partial charge in [0.15, 0.2) is 9.84 Å². The molecule has 0 saturated carbocycles. The smallest absolute Gasteiger partial charge is 0.326 e. The molecule has 2 atom stereocenters. The van der Waals surface area contributed by atoms with Gasteiger partial charge in [-0.1, -0.05) is 6.07 Å². The van der Waals surface area contributed by atoms with Gasteiger partial charge in [0.25, 0.3) is 5.91 Å². The number of hydrogen-bond donors (Lipinski definition) is 2. The van der Waals surface area contributed by atoms with Crippen LogP contribution in [0.1, 0.15) is 16.8 Å². The van der Waals surface area contributed by atoms with Crippen LogP contribution in [0.5, 0.6) is 0 Å². The Morgan fingerprint density at radius 1 is 1.33 bits per heavy atom. The fraction of sp³-hybridized carbons (Fsp3) is 0.385. The van der Waals surface area contributed by atoms with E-state index in [-0.39, 0.29) is 23.4 Å². The van der Waals surface area contributed by atoms with Crippen molar-refractivity contribution in [2.24, 2.45) is 0 Å². The van der Waals surface area contributed by atoms with Crippen LogP contribution in [0.4, 0.5) is 0 Å². The van der Waals surface area contributed by atoms with Crippen LogP contribution in [0, 0.1) is 0 Å². The van der Waals surface area contributed by atoms with Gasteiger partial charge in [-0.2, -0.15) is 0 Å². The molecule has 0 radical (unpaired) electrons. The molecular weight excluding hydrogens is 298 g/mol. The van der Waals surface area contributed by atoms with Crippen LogP contribution in [0.25, 0.3) is 0 Å². The lowest BCUT2D eigenvalue weighted by atomic mass is 10.1. The third-order valence-corrected chi connectivity index (χ3v) is 4.44. The number of β-amino-alcohol motifs (C(OH)–C–C–N with tert-alkyl or cyclic N) is 1. The van der Waals surface area contributed by atoms with E-state index in [0.29, 0.717) is 0 Å². The first-order valence-corrected chi connectivity index (χ1v) is 8.11. The third-order valence-electron chi connectivity index (χ3n) is 3.33. The van der Waals surface area contributed by atoms with Crippen molar-refractivity contribution in [2.75, 3.05) is 12.8 Å². The van der Waals surface area contributed by atoms with Gasteiger partial charge in [0.1, 0.15) is 6.04 Å². The summed E-state index contributed by atoms with van der Waals surface area (Å²) in [6.07, 6.45) is 0.0939. The highest BCUT2D eigenvalue weighted by Crippen LogP contribution is 2.22. The average Bonchev–Trinajstić information content (AvgIpc) is 2.79. The summed E-state index contributed by atoms with van der Waals surface area (Å²) < 4.78 is 23.0. The van der Waals surface area contributed by atoms with Gasteiger partial charge < -0.3 is 15.1 Å². The number of sulfone groups is 1. The topological polar surface area (TPSA) is 112 Å². The van der Waals surface area contributed by atoms with E-state index in [9.17, 15) is 23.1 Å². The van der Waals surface area contributed by atoms with Crippen molar-refractivity contribution in [3.8, 4) is 0 Å². The number of carboxylic acids is 1. The van der Waals surface area contributed by atoms with Gasteiger partial charge in [-0.15, -0.1) is 0 Å². The maximum Gasteiger partial charge on any atom is 0.326 e. The van der Waals surface area contributed by atoms with Crippen LogP contribution in [-0.4, -0.2) is 60.4 Å². The van der Waals surface area contributed by atoms with E-state index >= 15 is 0 Å². The molecule has 0 aromatic heterocycles. The van der Waals surface area contributed by atoms with E-state index in [1.54, 1.807) is 0 Å². The number of carboxylic acid groups (broad SMARTS) is 1. The van der Waals surface area contributed by atoms with Gasteiger partial charge in [0.2, 0.25) is 0 Å². The first-order valence-electron chi connectivity index (χ1n) is 6.22. The summed E-state index contributed by atoms with van der Waals surface area (Å²) in [5.41, 5.74) is 0.0817. The fourth-order valence-corrected chi connectivity index (χ4v) is 2.96. The highest BCUT2D eigenvalue weighted by molar-refractivity contribution is 7.90. The molecule has 1 heterocycles. The normalized spacial score (nSPS) is 22.3. The second-order valence-electron chi connectivity index (χ2n) is 5.00. The van der Waals surface area contributed by atoms with Gasteiger partial charge in [0.05, 0.1) is 11.0 Å². The van der Waals surface area contributed by atoms with Gasteiger partial charge in [-0.25, -0.2) is 13.2 Å². The highest BCUT2D eigenvalue weighted by Gasteiger charge is 2.39. The van der Waals surface area contributed by atoms with E-state index in [0.717, 1.165) is 11.2 Å². The van der Waals surface area contributed by atoms with Crippen LogP contribution >= 0.6 is 0 Å². The molecule has 114 valence electrons. The van der Waals surface area contributed by atoms with E-state index in [1.807, 2.05) is 0 Å². The molecule has 0 unspecified atom stereocenters. The zero-order chi connectivity index (χ0) is 15.8. The first-order chi connectivity index (χ1) is 9.70. The molecule has 1 aromatic carbocycles. The number of aliphatic hydroxyl groups is 1. The molecule has 2 N–H and O–H groups in total. The Hall–Kier alpha value is -1.93. The van der Waals surface area contributed by atoms with Crippen molar-refractivity contribution in [1.82, 2.24) is 4.90 Å². The number of hydrogen-bond acceptors (Lipinski definition) is 5. The lowest BCUT2D eigenvalue weighted by Gasteiger charge is -2.21. The monoisotopic (exact) mass is 313 g/mol. The number of aliphatic hydroxyl groups excluding tert-OH is 1. The van der Waals surface area contributed by atoms with E-state index in [2.05, 4.69) is 0 Å². The summed E-state index contributed by atoms with van der Waals surface area (Å²) in [6, 6.07) is 4.31. The fourth-order valence-electron chi connectivity index (χ4n) is 2.30. The van der Waals surface area contributed by atoms with Crippen molar-refractivity contribution in [3.63, 3.8) is 0 Å². The Labute approximate surface area is 121 Å². The first kappa shape index (κ1) is 15.5. The van der Waals surface area contributed by atoms with Gasteiger partial charge in [-0.05, 0) is 18.2 Å². The summed E-state index contributed by atoms with van der Waals surface area (Å²) in [6.45, 7) is -0.0844. The molecule has 1 aliphatic heterocycles. The Kier molecular flexibility index (Phi) is 4.02. The average molecular weight is 313 g/mol. The number of benzene rings is 1. The Bertz CT molecular complexity index is 684. The van der Waals surface area contributed by atoms with Crippen LogP contribution in [0.15, 0.2) is 29.2 Å². The second kappa shape index (κ2) is 5.45. The largest absolute Gasteiger partial charge is 0.480 e. The van der Waals surface area contributed by atoms with Crippen LogP contribution in [0.3, 0.4) is 0 Å². The number of amides is 1. The molecule has 1 fully saturated rings. The molecule has 0 bridgehead atoms. The van der Waals surface area contributed by atoms with E-state index < -0.39 is 33.9 Å². The SMILES string of the molecule is CS(=O)(=O)c1cccc(C(=O)N2C[C@H](O)C[C@@H]2C(=O)O)c1. The molecule has 1 aromatic rings. The quantitative estimate of drug-likeness (QED) is 0.796. The Morgan fingerprint density at radius 2 is 2.00 bits per heavy atom.